The third-order valence-electron chi connectivity index (χ3n) is 3.60. The van der Waals surface area contributed by atoms with Gasteiger partial charge in [-0.3, -0.25) is 14.5 Å². The van der Waals surface area contributed by atoms with Crippen LogP contribution < -0.4 is 4.74 Å². The zero-order valence-electron chi connectivity index (χ0n) is 15.4. The van der Waals surface area contributed by atoms with Crippen LogP contribution in [-0.2, 0) is 14.3 Å². The second-order valence-corrected chi connectivity index (χ2v) is 7.25. The van der Waals surface area contributed by atoms with Gasteiger partial charge in [0, 0.05) is 0 Å². The van der Waals surface area contributed by atoms with Gasteiger partial charge in [-0.2, -0.15) is 0 Å². The molecule has 0 aliphatic carbocycles. The minimum atomic E-state index is -0.944. The average Bonchev–Trinajstić information content (AvgIpc) is 2.87. The van der Waals surface area contributed by atoms with E-state index in [1.807, 2.05) is 24.3 Å². The maximum absolute atomic E-state index is 12.5. The monoisotopic (exact) mass is 377 g/mol. The molecular weight excluding hydrogens is 354 g/mol. The molecule has 7 heteroatoms. The van der Waals surface area contributed by atoms with Crippen molar-refractivity contribution in [3.63, 3.8) is 0 Å². The third-order valence-corrected chi connectivity index (χ3v) is 4.48. The highest BCUT2D eigenvalue weighted by molar-refractivity contribution is 8.18. The second-order valence-electron chi connectivity index (χ2n) is 6.25. The van der Waals surface area contributed by atoms with Gasteiger partial charge in [0.1, 0.15) is 11.8 Å². The molecule has 6 nitrogen and oxygen atoms in total. The summed E-state index contributed by atoms with van der Waals surface area (Å²) in [4.78, 5) is 37.7. The van der Waals surface area contributed by atoms with Crippen molar-refractivity contribution in [1.82, 2.24) is 4.90 Å². The average molecular weight is 377 g/mol. The second kappa shape index (κ2) is 8.89. The van der Waals surface area contributed by atoms with Gasteiger partial charge in [0.2, 0.25) is 0 Å². The van der Waals surface area contributed by atoms with Crippen LogP contribution in [0.15, 0.2) is 29.2 Å². The summed E-state index contributed by atoms with van der Waals surface area (Å²) < 4.78 is 10.5. The Morgan fingerprint density at radius 2 is 1.85 bits per heavy atom. The Hall–Kier alpha value is -2.28. The zero-order valence-corrected chi connectivity index (χ0v) is 16.2. The van der Waals surface area contributed by atoms with Gasteiger partial charge in [-0.05, 0) is 55.3 Å². The van der Waals surface area contributed by atoms with Crippen LogP contribution in [0.3, 0.4) is 0 Å². The van der Waals surface area contributed by atoms with Crippen LogP contribution in [0.1, 0.15) is 33.3 Å². The molecule has 2 amide bonds. The Kier molecular flexibility index (Phi) is 6.85. The van der Waals surface area contributed by atoms with Crippen LogP contribution in [0.2, 0.25) is 0 Å². The largest absolute Gasteiger partial charge is 0.493 e. The number of ether oxygens (including phenoxy) is 2. The van der Waals surface area contributed by atoms with Crippen molar-refractivity contribution in [3.8, 4) is 5.75 Å². The van der Waals surface area contributed by atoms with Crippen molar-refractivity contribution in [3.05, 3.63) is 34.7 Å². The molecule has 1 aromatic carbocycles. The van der Waals surface area contributed by atoms with Gasteiger partial charge in [-0.15, -0.1) is 0 Å². The number of benzene rings is 1. The van der Waals surface area contributed by atoms with E-state index >= 15 is 0 Å². The molecule has 1 atom stereocenters. The fourth-order valence-electron chi connectivity index (χ4n) is 2.26. The summed E-state index contributed by atoms with van der Waals surface area (Å²) in [6.07, 6.45) is 1.63. The van der Waals surface area contributed by atoms with Crippen LogP contribution in [-0.4, -0.2) is 41.3 Å². The normalized spacial score (nSPS) is 17.1. The lowest BCUT2D eigenvalue weighted by Gasteiger charge is -2.19. The third kappa shape index (κ3) is 4.88. The SMILES string of the molecule is CCOC(=O)[C@@H](C)N1C(=O)S/C(=C/c2ccc(OCC(C)C)cc2)C1=O. The van der Waals surface area contributed by atoms with Gasteiger partial charge in [0.25, 0.3) is 11.1 Å². The molecule has 1 aromatic rings. The van der Waals surface area contributed by atoms with Crippen LogP contribution in [0, 0.1) is 5.92 Å². The first kappa shape index (κ1) is 20.0. The Labute approximate surface area is 157 Å². The molecule has 0 radical (unpaired) electrons. The number of rotatable bonds is 7. The summed E-state index contributed by atoms with van der Waals surface area (Å²) in [6, 6.07) is 6.33. The zero-order chi connectivity index (χ0) is 19.3. The molecular formula is C19H23NO5S. The van der Waals surface area contributed by atoms with Crippen LogP contribution >= 0.6 is 11.8 Å². The highest BCUT2D eigenvalue weighted by atomic mass is 32.2. The fraction of sp³-hybridized carbons (Fsp3) is 0.421. The summed E-state index contributed by atoms with van der Waals surface area (Å²) in [6.45, 7) is 8.12. The molecule has 140 valence electrons. The van der Waals surface area contributed by atoms with Crippen LogP contribution in [0.4, 0.5) is 4.79 Å². The smallest absolute Gasteiger partial charge is 0.329 e. The Morgan fingerprint density at radius 1 is 1.19 bits per heavy atom. The van der Waals surface area contributed by atoms with E-state index in [-0.39, 0.29) is 11.5 Å². The molecule has 1 saturated heterocycles. The van der Waals surface area contributed by atoms with Crippen molar-refractivity contribution >= 4 is 35.0 Å². The predicted octanol–water partition coefficient (Wildman–Crippen LogP) is 3.71. The van der Waals surface area contributed by atoms with Gasteiger partial charge < -0.3 is 9.47 Å². The van der Waals surface area contributed by atoms with Crippen molar-refractivity contribution < 1.29 is 23.9 Å². The van der Waals surface area contributed by atoms with E-state index in [2.05, 4.69) is 13.8 Å². The first-order valence-corrected chi connectivity index (χ1v) is 9.31. The maximum Gasteiger partial charge on any atom is 0.329 e. The lowest BCUT2D eigenvalue weighted by atomic mass is 10.2. The molecule has 0 saturated carbocycles. The number of imide groups is 1. The minimum absolute atomic E-state index is 0.195. The van der Waals surface area contributed by atoms with Crippen molar-refractivity contribution in [2.24, 2.45) is 5.92 Å². The highest BCUT2D eigenvalue weighted by Crippen LogP contribution is 2.34. The molecule has 26 heavy (non-hydrogen) atoms. The number of carbonyl (C=O) groups is 3. The predicted molar refractivity (Wildman–Crippen MR) is 101 cm³/mol. The Bertz CT molecular complexity index is 711. The Morgan fingerprint density at radius 3 is 2.42 bits per heavy atom. The number of amides is 2. The van der Waals surface area contributed by atoms with Gasteiger partial charge in [-0.1, -0.05) is 26.0 Å². The van der Waals surface area contributed by atoms with Gasteiger partial charge >= 0.3 is 5.97 Å². The van der Waals surface area contributed by atoms with E-state index in [1.165, 1.54) is 6.92 Å². The molecule has 0 bridgehead atoms. The summed E-state index contributed by atoms with van der Waals surface area (Å²) in [7, 11) is 0. The van der Waals surface area contributed by atoms with Crippen molar-refractivity contribution in [2.75, 3.05) is 13.2 Å². The lowest BCUT2D eigenvalue weighted by Crippen LogP contribution is -2.42. The number of thioether (sulfide) groups is 1. The number of carbonyl (C=O) groups excluding carboxylic acids is 3. The lowest BCUT2D eigenvalue weighted by molar-refractivity contribution is -0.150. The number of nitrogens with zero attached hydrogens (tertiary/aromatic N) is 1. The van der Waals surface area contributed by atoms with E-state index in [0.29, 0.717) is 12.5 Å². The maximum atomic E-state index is 12.5. The molecule has 0 spiro atoms. The molecule has 2 rings (SSSR count). The molecule has 1 heterocycles. The van der Waals surface area contributed by atoms with Crippen LogP contribution in [0.5, 0.6) is 5.75 Å². The fourth-order valence-corrected chi connectivity index (χ4v) is 3.16. The highest BCUT2D eigenvalue weighted by Gasteiger charge is 2.41. The first-order valence-electron chi connectivity index (χ1n) is 8.50. The molecule has 0 aromatic heterocycles. The standard InChI is InChI=1S/C19H23NO5S/c1-5-24-18(22)13(4)20-17(21)16(26-19(20)23)10-14-6-8-15(9-7-14)25-11-12(2)3/h6-10,12-13H,5,11H2,1-4H3/b16-10+/t13-/m1/s1. The Balaban J connectivity index is 2.10. The van der Waals surface area contributed by atoms with E-state index < -0.39 is 23.2 Å². The molecule has 1 aliphatic heterocycles. The van der Waals surface area contributed by atoms with E-state index in [1.54, 1.807) is 13.0 Å². The van der Waals surface area contributed by atoms with Crippen LogP contribution in [0.25, 0.3) is 6.08 Å². The van der Waals surface area contributed by atoms with Crippen molar-refractivity contribution in [2.45, 2.75) is 33.7 Å². The number of hydrogen-bond donors (Lipinski definition) is 0. The van der Waals surface area contributed by atoms with Crippen molar-refractivity contribution in [1.29, 1.82) is 0 Å². The van der Waals surface area contributed by atoms with Gasteiger partial charge in [0.15, 0.2) is 0 Å². The van der Waals surface area contributed by atoms with E-state index in [9.17, 15) is 14.4 Å². The quantitative estimate of drug-likeness (QED) is 0.533. The van der Waals surface area contributed by atoms with Gasteiger partial charge in [-0.25, -0.2) is 4.79 Å². The minimum Gasteiger partial charge on any atom is -0.493 e. The summed E-state index contributed by atoms with van der Waals surface area (Å²) >= 11 is 0.818. The van der Waals surface area contributed by atoms with E-state index in [4.69, 9.17) is 9.47 Å². The summed E-state index contributed by atoms with van der Waals surface area (Å²) in [5, 5.41) is -0.473. The summed E-state index contributed by atoms with van der Waals surface area (Å²) in [5.74, 6) is 0.103. The molecule has 1 fully saturated rings. The molecule has 0 unspecified atom stereocenters. The topological polar surface area (TPSA) is 72.9 Å². The van der Waals surface area contributed by atoms with Gasteiger partial charge in [0.05, 0.1) is 18.1 Å². The first-order chi connectivity index (χ1) is 12.3. The molecule has 1 aliphatic rings. The summed E-state index contributed by atoms with van der Waals surface area (Å²) in [5.41, 5.74) is 0.774. The number of hydrogen-bond acceptors (Lipinski definition) is 6. The number of esters is 1. The van der Waals surface area contributed by atoms with E-state index in [0.717, 1.165) is 28.0 Å². The molecule has 0 N–H and O–H groups in total.